The van der Waals surface area contributed by atoms with E-state index in [0.29, 0.717) is 17.6 Å². The zero-order chi connectivity index (χ0) is 14.8. The number of nitrogens with zero attached hydrogens (tertiary/aromatic N) is 2. The highest BCUT2D eigenvalue weighted by Crippen LogP contribution is 2.21. The van der Waals surface area contributed by atoms with Gasteiger partial charge in [0.1, 0.15) is 0 Å². The van der Waals surface area contributed by atoms with Crippen LogP contribution < -0.4 is 10.6 Å². The molecule has 1 saturated carbocycles. The monoisotopic (exact) mass is 282 g/mol. The lowest BCUT2D eigenvalue weighted by atomic mass is 10.1. The maximum Gasteiger partial charge on any atom is 0.254 e. The first-order chi connectivity index (χ1) is 10.1. The molecule has 2 aromatic rings. The van der Waals surface area contributed by atoms with E-state index in [4.69, 9.17) is 0 Å². The van der Waals surface area contributed by atoms with Crippen molar-refractivity contribution in [3.63, 3.8) is 0 Å². The van der Waals surface area contributed by atoms with Crippen molar-refractivity contribution < 1.29 is 4.79 Å². The van der Waals surface area contributed by atoms with E-state index in [1.807, 2.05) is 12.1 Å². The number of carbonyl (C=O) groups excluding carboxylic acids is 1. The van der Waals surface area contributed by atoms with Crippen molar-refractivity contribution in [1.82, 2.24) is 15.3 Å². The smallest absolute Gasteiger partial charge is 0.254 e. The molecule has 1 amide bonds. The van der Waals surface area contributed by atoms with Crippen molar-refractivity contribution in [3.05, 3.63) is 47.3 Å². The van der Waals surface area contributed by atoms with E-state index in [2.05, 4.69) is 40.5 Å². The molecule has 0 unspecified atom stereocenters. The molecular formula is C16H18N4O. The molecule has 1 fully saturated rings. The molecule has 0 atom stereocenters. The van der Waals surface area contributed by atoms with Crippen LogP contribution in [0.3, 0.4) is 0 Å². The number of benzene rings is 1. The normalized spacial score (nSPS) is 13.8. The lowest BCUT2D eigenvalue weighted by molar-refractivity contribution is 0.0950. The highest BCUT2D eigenvalue weighted by atomic mass is 16.1. The van der Waals surface area contributed by atoms with Crippen LogP contribution in [0.1, 0.15) is 34.3 Å². The van der Waals surface area contributed by atoms with E-state index >= 15 is 0 Å². The van der Waals surface area contributed by atoms with E-state index in [-0.39, 0.29) is 5.91 Å². The Labute approximate surface area is 123 Å². The molecule has 1 aliphatic carbocycles. The number of aromatic nitrogens is 2. The minimum Gasteiger partial charge on any atom is -0.349 e. The molecule has 5 nitrogen and oxygen atoms in total. The van der Waals surface area contributed by atoms with Crippen LogP contribution in [0.2, 0.25) is 0 Å². The van der Waals surface area contributed by atoms with Gasteiger partial charge in [-0.25, -0.2) is 9.97 Å². The number of carbonyl (C=O) groups is 1. The minimum atomic E-state index is -0.101. The Hall–Kier alpha value is -2.43. The molecule has 21 heavy (non-hydrogen) atoms. The fourth-order valence-corrected chi connectivity index (χ4v) is 2.01. The van der Waals surface area contributed by atoms with Gasteiger partial charge in [-0.3, -0.25) is 4.79 Å². The van der Waals surface area contributed by atoms with Gasteiger partial charge in [0, 0.05) is 24.1 Å². The van der Waals surface area contributed by atoms with Crippen molar-refractivity contribution in [2.75, 3.05) is 5.32 Å². The lowest BCUT2D eigenvalue weighted by Crippen LogP contribution is -2.25. The van der Waals surface area contributed by atoms with Crippen LogP contribution in [-0.2, 0) is 0 Å². The summed E-state index contributed by atoms with van der Waals surface area (Å²) < 4.78 is 0. The fraction of sp³-hybridized carbons (Fsp3) is 0.312. The van der Waals surface area contributed by atoms with E-state index < -0.39 is 0 Å². The van der Waals surface area contributed by atoms with Crippen LogP contribution in [0.5, 0.6) is 0 Å². The van der Waals surface area contributed by atoms with E-state index in [9.17, 15) is 4.79 Å². The Kier molecular flexibility index (Phi) is 3.56. The third-order valence-electron chi connectivity index (χ3n) is 3.68. The van der Waals surface area contributed by atoms with Gasteiger partial charge in [-0.05, 0) is 43.9 Å². The Balaban J connectivity index is 1.71. The van der Waals surface area contributed by atoms with Crippen LogP contribution >= 0.6 is 0 Å². The summed E-state index contributed by atoms with van der Waals surface area (Å²) in [5.41, 5.74) is 3.84. The molecule has 1 heterocycles. The number of amides is 1. The molecule has 0 spiro atoms. The summed E-state index contributed by atoms with van der Waals surface area (Å²) in [6.07, 6.45) is 5.24. The third kappa shape index (κ3) is 3.18. The fourth-order valence-electron chi connectivity index (χ4n) is 2.01. The molecule has 1 aromatic carbocycles. The van der Waals surface area contributed by atoms with Gasteiger partial charge in [0.15, 0.2) is 0 Å². The molecule has 0 bridgehead atoms. The van der Waals surface area contributed by atoms with Crippen LogP contribution in [0, 0.1) is 13.8 Å². The van der Waals surface area contributed by atoms with Gasteiger partial charge in [0.2, 0.25) is 5.95 Å². The van der Waals surface area contributed by atoms with Gasteiger partial charge >= 0.3 is 0 Å². The predicted molar refractivity (Wildman–Crippen MR) is 81.7 cm³/mol. The molecule has 0 aliphatic heterocycles. The van der Waals surface area contributed by atoms with Crippen molar-refractivity contribution >= 4 is 17.5 Å². The van der Waals surface area contributed by atoms with Crippen molar-refractivity contribution in [2.45, 2.75) is 32.7 Å². The second kappa shape index (κ2) is 5.52. The first kappa shape index (κ1) is 13.5. The first-order valence-electron chi connectivity index (χ1n) is 7.09. The van der Waals surface area contributed by atoms with E-state index in [1.54, 1.807) is 12.4 Å². The summed E-state index contributed by atoms with van der Waals surface area (Å²) in [6.45, 7) is 4.11. The SMILES string of the molecule is Cc1cccc(Nc2ncc(C(=O)NC3CC3)cn2)c1C. The molecule has 1 aliphatic rings. The van der Waals surface area contributed by atoms with Crippen LogP contribution in [-0.4, -0.2) is 21.9 Å². The Bertz CT molecular complexity index is 662. The Morgan fingerprint density at radius 3 is 2.57 bits per heavy atom. The van der Waals surface area contributed by atoms with Crippen molar-refractivity contribution in [2.24, 2.45) is 0 Å². The van der Waals surface area contributed by atoms with Gasteiger partial charge in [-0.15, -0.1) is 0 Å². The molecule has 108 valence electrons. The summed E-state index contributed by atoms with van der Waals surface area (Å²) >= 11 is 0. The average Bonchev–Trinajstić information content (AvgIpc) is 3.28. The zero-order valence-corrected chi connectivity index (χ0v) is 12.2. The molecule has 0 saturated heterocycles. The summed E-state index contributed by atoms with van der Waals surface area (Å²) in [4.78, 5) is 20.3. The molecule has 5 heteroatoms. The summed E-state index contributed by atoms with van der Waals surface area (Å²) in [6, 6.07) is 6.37. The standard InChI is InChI=1S/C16H18N4O/c1-10-4-3-5-14(11(10)2)20-16-17-8-12(9-18-16)15(21)19-13-6-7-13/h3-5,8-9,13H,6-7H2,1-2H3,(H,19,21)(H,17,18,20). The summed E-state index contributed by atoms with van der Waals surface area (Å²) in [5, 5.41) is 6.09. The van der Waals surface area contributed by atoms with E-state index in [0.717, 1.165) is 24.1 Å². The zero-order valence-electron chi connectivity index (χ0n) is 12.2. The number of hydrogen-bond donors (Lipinski definition) is 2. The van der Waals surface area contributed by atoms with Crippen molar-refractivity contribution in [1.29, 1.82) is 0 Å². The Morgan fingerprint density at radius 1 is 1.19 bits per heavy atom. The molecule has 0 radical (unpaired) electrons. The van der Waals surface area contributed by atoms with Crippen LogP contribution in [0.25, 0.3) is 0 Å². The number of anilines is 2. The van der Waals surface area contributed by atoms with Gasteiger partial charge in [-0.1, -0.05) is 12.1 Å². The molecule has 2 N–H and O–H groups in total. The maximum atomic E-state index is 11.9. The topological polar surface area (TPSA) is 66.9 Å². The highest BCUT2D eigenvalue weighted by molar-refractivity contribution is 5.94. The molecule has 3 rings (SSSR count). The number of hydrogen-bond acceptors (Lipinski definition) is 4. The lowest BCUT2D eigenvalue weighted by Gasteiger charge is -2.10. The van der Waals surface area contributed by atoms with E-state index in [1.165, 1.54) is 5.56 Å². The molecular weight excluding hydrogens is 264 g/mol. The largest absolute Gasteiger partial charge is 0.349 e. The second-order valence-corrected chi connectivity index (χ2v) is 5.42. The summed E-state index contributed by atoms with van der Waals surface area (Å²) in [5.74, 6) is 0.391. The first-order valence-corrected chi connectivity index (χ1v) is 7.09. The molecule has 1 aromatic heterocycles. The van der Waals surface area contributed by atoms with Crippen molar-refractivity contribution in [3.8, 4) is 0 Å². The maximum absolute atomic E-state index is 11.9. The van der Waals surface area contributed by atoms with Gasteiger partial charge < -0.3 is 10.6 Å². The van der Waals surface area contributed by atoms with Gasteiger partial charge in [-0.2, -0.15) is 0 Å². The number of nitrogens with one attached hydrogen (secondary N) is 2. The Morgan fingerprint density at radius 2 is 1.90 bits per heavy atom. The quantitative estimate of drug-likeness (QED) is 0.905. The number of aryl methyl sites for hydroxylation is 1. The summed E-state index contributed by atoms with van der Waals surface area (Å²) in [7, 11) is 0. The second-order valence-electron chi connectivity index (χ2n) is 5.42. The minimum absolute atomic E-state index is 0.101. The third-order valence-corrected chi connectivity index (χ3v) is 3.68. The van der Waals surface area contributed by atoms with Gasteiger partial charge in [0.25, 0.3) is 5.91 Å². The van der Waals surface area contributed by atoms with Gasteiger partial charge in [0.05, 0.1) is 5.56 Å². The predicted octanol–water partition coefficient (Wildman–Crippen LogP) is 2.73. The number of rotatable bonds is 4. The van der Waals surface area contributed by atoms with Crippen LogP contribution in [0.4, 0.5) is 11.6 Å². The average molecular weight is 282 g/mol. The van der Waals surface area contributed by atoms with Crippen LogP contribution in [0.15, 0.2) is 30.6 Å². The highest BCUT2D eigenvalue weighted by Gasteiger charge is 2.24.